The van der Waals surface area contributed by atoms with Crippen molar-refractivity contribution in [2.75, 3.05) is 5.32 Å². The van der Waals surface area contributed by atoms with Crippen molar-refractivity contribution >= 4 is 22.9 Å². The Bertz CT molecular complexity index is 847. The molecular formula is C19H20KN3S. The average Bonchev–Trinajstić information content (AvgIpc) is 3.07. The van der Waals surface area contributed by atoms with Gasteiger partial charge in [0.05, 0.1) is 4.99 Å². The van der Waals surface area contributed by atoms with Gasteiger partial charge in [-0.1, -0.05) is 37.5 Å². The van der Waals surface area contributed by atoms with Gasteiger partial charge in [0.1, 0.15) is 11.8 Å². The number of anilines is 1. The molecule has 118 valence electrons. The van der Waals surface area contributed by atoms with Crippen LogP contribution < -0.4 is 56.7 Å². The minimum atomic E-state index is 0. The first-order valence-corrected chi connectivity index (χ1v) is 8.59. The fraction of sp³-hybridized carbons (Fsp3) is 0.368. The number of thiocarbonyl (C=S) groups is 1. The molecule has 3 nitrogen and oxygen atoms in total. The SMILES string of the molecule is Cn1c(C#N)ccc1-c1ccc2c(c1)C1(CCCCC1)C(=S)N2.[H-].[K+]. The second-order valence-electron chi connectivity index (χ2n) is 6.63. The number of nitrogens with one attached hydrogen (secondary N) is 1. The predicted molar refractivity (Wildman–Crippen MR) is 97.7 cm³/mol. The molecule has 1 saturated carbocycles. The van der Waals surface area contributed by atoms with Crippen LogP contribution in [0.1, 0.15) is 44.8 Å². The summed E-state index contributed by atoms with van der Waals surface area (Å²) in [5, 5.41) is 12.6. The maximum Gasteiger partial charge on any atom is 1.00 e. The third kappa shape index (κ3) is 2.74. The van der Waals surface area contributed by atoms with E-state index in [2.05, 4.69) is 29.6 Å². The molecule has 0 bridgehead atoms. The van der Waals surface area contributed by atoms with Crippen molar-refractivity contribution in [3.05, 3.63) is 41.6 Å². The first-order chi connectivity index (χ1) is 11.2. The van der Waals surface area contributed by atoms with Gasteiger partial charge in [-0.05, 0) is 48.2 Å². The topological polar surface area (TPSA) is 40.8 Å². The summed E-state index contributed by atoms with van der Waals surface area (Å²) < 4.78 is 1.95. The summed E-state index contributed by atoms with van der Waals surface area (Å²) in [5.74, 6) is 0. The number of hydrogen-bond acceptors (Lipinski definition) is 2. The minimum Gasteiger partial charge on any atom is -1.00 e. The fourth-order valence-corrected chi connectivity index (χ4v) is 4.56. The first kappa shape index (κ1) is 18.3. The summed E-state index contributed by atoms with van der Waals surface area (Å²) in [7, 11) is 1.94. The van der Waals surface area contributed by atoms with E-state index in [1.54, 1.807) is 0 Å². The summed E-state index contributed by atoms with van der Waals surface area (Å²) in [6.45, 7) is 0. The molecule has 2 aliphatic rings. The van der Waals surface area contributed by atoms with Gasteiger partial charge in [-0.25, -0.2) is 0 Å². The van der Waals surface area contributed by atoms with Crippen LogP contribution in [-0.2, 0) is 12.5 Å². The number of nitriles is 1. The maximum atomic E-state index is 9.17. The molecule has 1 fully saturated rings. The van der Waals surface area contributed by atoms with E-state index in [1.807, 2.05) is 23.7 Å². The maximum absolute atomic E-state index is 9.17. The van der Waals surface area contributed by atoms with Crippen molar-refractivity contribution in [1.82, 2.24) is 4.57 Å². The van der Waals surface area contributed by atoms with E-state index in [9.17, 15) is 0 Å². The molecule has 0 unspecified atom stereocenters. The standard InChI is InChI=1S/C19H19N3S.K.H/c1-22-14(12-20)6-8-17(22)13-5-7-16-15(11-13)19(18(23)21-16)9-3-2-4-10-19;;/h5-8,11H,2-4,9-10H2,1H3,(H,21,23);;/q;+1;-1. The van der Waals surface area contributed by atoms with Gasteiger partial charge in [0.15, 0.2) is 0 Å². The summed E-state index contributed by atoms with van der Waals surface area (Å²) in [4.78, 5) is 0.994. The molecule has 0 radical (unpaired) electrons. The first-order valence-electron chi connectivity index (χ1n) is 8.18. The van der Waals surface area contributed by atoms with Crippen LogP contribution in [0.3, 0.4) is 0 Å². The molecule has 1 aromatic heterocycles. The van der Waals surface area contributed by atoms with E-state index < -0.39 is 0 Å². The Morgan fingerprint density at radius 2 is 1.96 bits per heavy atom. The smallest absolute Gasteiger partial charge is 1.00 e. The van der Waals surface area contributed by atoms with Crippen molar-refractivity contribution in [3.63, 3.8) is 0 Å². The zero-order chi connectivity index (χ0) is 16.0. The van der Waals surface area contributed by atoms with Gasteiger partial charge in [0.2, 0.25) is 0 Å². The van der Waals surface area contributed by atoms with Gasteiger partial charge in [-0.2, -0.15) is 5.26 Å². The largest absolute Gasteiger partial charge is 1.00 e. The van der Waals surface area contributed by atoms with Gasteiger partial charge in [0.25, 0.3) is 0 Å². The van der Waals surface area contributed by atoms with Crippen LogP contribution in [0.5, 0.6) is 0 Å². The number of hydrogen-bond donors (Lipinski definition) is 1. The molecule has 0 amide bonds. The second kappa shape index (κ2) is 7.03. The Labute approximate surface area is 192 Å². The molecule has 1 aliphatic carbocycles. The Kier molecular flexibility index (Phi) is 5.36. The summed E-state index contributed by atoms with van der Waals surface area (Å²) >= 11 is 5.71. The predicted octanol–water partition coefficient (Wildman–Crippen LogP) is 1.64. The molecule has 5 heteroatoms. The number of benzene rings is 1. The van der Waals surface area contributed by atoms with Crippen LogP contribution in [0.25, 0.3) is 11.3 Å². The van der Waals surface area contributed by atoms with E-state index in [1.165, 1.54) is 24.8 Å². The molecule has 1 N–H and O–H groups in total. The molecule has 0 atom stereocenters. The third-order valence-electron chi connectivity index (χ3n) is 5.46. The van der Waals surface area contributed by atoms with Crippen molar-refractivity contribution in [1.29, 1.82) is 5.26 Å². The van der Waals surface area contributed by atoms with Gasteiger partial charge in [0, 0.05) is 23.8 Å². The van der Waals surface area contributed by atoms with Crippen LogP contribution in [0, 0.1) is 11.3 Å². The second-order valence-corrected chi connectivity index (χ2v) is 7.04. The summed E-state index contributed by atoms with van der Waals surface area (Å²) in [6, 6.07) is 12.7. The van der Waals surface area contributed by atoms with Gasteiger partial charge < -0.3 is 11.3 Å². The van der Waals surface area contributed by atoms with E-state index in [0.29, 0.717) is 5.69 Å². The monoisotopic (exact) mass is 361 g/mol. The van der Waals surface area contributed by atoms with E-state index in [4.69, 9.17) is 17.5 Å². The van der Waals surface area contributed by atoms with Crippen LogP contribution >= 0.6 is 12.2 Å². The van der Waals surface area contributed by atoms with Crippen LogP contribution in [-0.4, -0.2) is 9.56 Å². The zero-order valence-corrected chi connectivity index (χ0v) is 18.2. The number of nitrogens with zero attached hydrogens (tertiary/aromatic N) is 2. The number of fused-ring (bicyclic) bond motifs is 2. The van der Waals surface area contributed by atoms with Crippen LogP contribution in [0.2, 0.25) is 0 Å². The number of aromatic nitrogens is 1. The average molecular weight is 362 g/mol. The van der Waals surface area contributed by atoms with Crippen molar-refractivity contribution in [3.8, 4) is 17.3 Å². The summed E-state index contributed by atoms with van der Waals surface area (Å²) in [5.41, 5.74) is 5.45. The normalized spacial score (nSPS) is 17.8. The molecule has 2 aromatic rings. The van der Waals surface area contributed by atoms with Gasteiger partial charge in [-0.15, -0.1) is 0 Å². The molecule has 1 aromatic carbocycles. The van der Waals surface area contributed by atoms with Crippen molar-refractivity contribution < 1.29 is 52.8 Å². The molecule has 0 saturated heterocycles. The molecule has 2 heterocycles. The van der Waals surface area contributed by atoms with Gasteiger partial charge in [-0.3, -0.25) is 0 Å². The molecular weight excluding hydrogens is 341 g/mol. The third-order valence-corrected chi connectivity index (χ3v) is 5.95. The summed E-state index contributed by atoms with van der Waals surface area (Å²) in [6.07, 6.45) is 6.09. The minimum absolute atomic E-state index is 0. The number of rotatable bonds is 1. The Morgan fingerprint density at radius 1 is 1.21 bits per heavy atom. The molecule has 1 spiro atoms. The molecule has 4 rings (SSSR count). The van der Waals surface area contributed by atoms with Crippen LogP contribution in [0.4, 0.5) is 5.69 Å². The Balaban J connectivity index is 0.00000113. The fourth-order valence-electron chi connectivity index (χ4n) is 4.14. The van der Waals surface area contributed by atoms with E-state index in [-0.39, 0.29) is 58.2 Å². The van der Waals surface area contributed by atoms with Crippen molar-refractivity contribution in [2.24, 2.45) is 7.05 Å². The molecule has 24 heavy (non-hydrogen) atoms. The van der Waals surface area contributed by atoms with Crippen LogP contribution in [0.15, 0.2) is 30.3 Å². The van der Waals surface area contributed by atoms with Crippen molar-refractivity contribution in [2.45, 2.75) is 37.5 Å². The van der Waals surface area contributed by atoms with Gasteiger partial charge >= 0.3 is 51.4 Å². The Hall–Kier alpha value is -0.484. The van der Waals surface area contributed by atoms with E-state index >= 15 is 0 Å². The quantitative estimate of drug-likeness (QED) is 0.620. The Morgan fingerprint density at radius 3 is 2.62 bits per heavy atom. The van der Waals surface area contributed by atoms with E-state index in [0.717, 1.165) is 34.8 Å². The molecule has 1 aliphatic heterocycles. The zero-order valence-electron chi connectivity index (χ0n) is 15.2.